The zero-order valence-electron chi connectivity index (χ0n) is 10.8. The molecule has 0 atom stereocenters. The first-order valence-electron chi connectivity index (χ1n) is 5.86. The summed E-state index contributed by atoms with van der Waals surface area (Å²) in [6.07, 6.45) is 7.28. The second-order valence-corrected chi connectivity index (χ2v) is 4.81. The standard InChI is InChI=1S/C13H26N2/c1-6-7-8-9-15(12-13(2)3)11-10-14(4)5/h1,13H,7-12H2,2-5H3. The lowest BCUT2D eigenvalue weighted by molar-refractivity contribution is 0.217. The zero-order chi connectivity index (χ0) is 11.7. The Balaban J connectivity index is 3.79. The number of likely N-dealkylation sites (N-methyl/N-ethyl adjacent to an activating group) is 1. The number of nitrogens with zero attached hydrogens (tertiary/aromatic N) is 2. The van der Waals surface area contributed by atoms with Gasteiger partial charge < -0.3 is 9.80 Å². The van der Waals surface area contributed by atoms with Gasteiger partial charge in [0.1, 0.15) is 0 Å². The molecule has 0 spiro atoms. The SMILES string of the molecule is C#CCCCN(CCN(C)C)CC(C)C. The van der Waals surface area contributed by atoms with Crippen LogP contribution in [0.1, 0.15) is 26.7 Å². The van der Waals surface area contributed by atoms with Gasteiger partial charge in [0.05, 0.1) is 0 Å². The molecule has 0 aliphatic carbocycles. The average Bonchev–Trinajstić information content (AvgIpc) is 2.13. The van der Waals surface area contributed by atoms with E-state index in [0.717, 1.165) is 38.4 Å². The Hall–Kier alpha value is -0.520. The van der Waals surface area contributed by atoms with Crippen LogP contribution in [0.4, 0.5) is 0 Å². The van der Waals surface area contributed by atoms with Crippen LogP contribution in [0.5, 0.6) is 0 Å². The molecule has 0 radical (unpaired) electrons. The van der Waals surface area contributed by atoms with Gasteiger partial charge >= 0.3 is 0 Å². The first-order valence-corrected chi connectivity index (χ1v) is 5.86. The van der Waals surface area contributed by atoms with E-state index in [2.05, 4.69) is 43.7 Å². The lowest BCUT2D eigenvalue weighted by Gasteiger charge is -2.25. The molecular weight excluding hydrogens is 184 g/mol. The van der Waals surface area contributed by atoms with E-state index in [1.807, 2.05) is 0 Å². The van der Waals surface area contributed by atoms with Crippen LogP contribution in [0, 0.1) is 18.3 Å². The van der Waals surface area contributed by atoms with Crippen LogP contribution in [0.3, 0.4) is 0 Å². The van der Waals surface area contributed by atoms with Gasteiger partial charge in [-0.3, -0.25) is 0 Å². The Morgan fingerprint density at radius 1 is 1.13 bits per heavy atom. The van der Waals surface area contributed by atoms with Crippen LogP contribution in [-0.2, 0) is 0 Å². The van der Waals surface area contributed by atoms with Crippen LogP contribution < -0.4 is 0 Å². The fraction of sp³-hybridized carbons (Fsp3) is 0.846. The Morgan fingerprint density at radius 3 is 2.27 bits per heavy atom. The van der Waals surface area contributed by atoms with Crippen LogP contribution in [0.15, 0.2) is 0 Å². The highest BCUT2D eigenvalue weighted by atomic mass is 15.2. The molecule has 15 heavy (non-hydrogen) atoms. The van der Waals surface area contributed by atoms with E-state index in [0.29, 0.717) is 0 Å². The Bertz CT molecular complexity index is 179. The molecule has 0 aliphatic rings. The summed E-state index contributed by atoms with van der Waals surface area (Å²) in [5.74, 6) is 3.44. The first kappa shape index (κ1) is 14.5. The third kappa shape index (κ3) is 9.78. The van der Waals surface area contributed by atoms with Gasteiger partial charge in [-0.2, -0.15) is 0 Å². The minimum atomic E-state index is 0.734. The summed E-state index contributed by atoms with van der Waals surface area (Å²) in [5, 5.41) is 0. The molecule has 2 heteroatoms. The van der Waals surface area contributed by atoms with Crippen molar-refractivity contribution < 1.29 is 0 Å². The number of hydrogen-bond acceptors (Lipinski definition) is 2. The maximum absolute atomic E-state index is 5.26. The minimum absolute atomic E-state index is 0.734. The van der Waals surface area contributed by atoms with Gasteiger partial charge in [-0.25, -0.2) is 0 Å². The molecule has 0 saturated heterocycles. The van der Waals surface area contributed by atoms with Gasteiger partial charge in [-0.15, -0.1) is 12.3 Å². The van der Waals surface area contributed by atoms with Crippen LogP contribution in [-0.4, -0.2) is 50.1 Å². The molecule has 2 nitrogen and oxygen atoms in total. The zero-order valence-corrected chi connectivity index (χ0v) is 10.8. The van der Waals surface area contributed by atoms with Crippen molar-refractivity contribution in [2.24, 2.45) is 5.92 Å². The Morgan fingerprint density at radius 2 is 1.80 bits per heavy atom. The van der Waals surface area contributed by atoms with Crippen molar-refractivity contribution in [2.75, 3.05) is 40.3 Å². The van der Waals surface area contributed by atoms with Crippen LogP contribution >= 0.6 is 0 Å². The lowest BCUT2D eigenvalue weighted by atomic mass is 10.2. The molecule has 0 fully saturated rings. The molecule has 0 aromatic rings. The summed E-state index contributed by atoms with van der Waals surface area (Å²) in [7, 11) is 4.24. The quantitative estimate of drug-likeness (QED) is 0.446. The average molecular weight is 210 g/mol. The minimum Gasteiger partial charge on any atom is -0.308 e. The van der Waals surface area contributed by atoms with E-state index in [-0.39, 0.29) is 0 Å². The van der Waals surface area contributed by atoms with Crippen molar-refractivity contribution in [3.05, 3.63) is 0 Å². The van der Waals surface area contributed by atoms with Gasteiger partial charge in [-0.1, -0.05) is 13.8 Å². The molecule has 88 valence electrons. The first-order chi connectivity index (χ1) is 7.06. The summed E-state index contributed by atoms with van der Waals surface area (Å²) in [4.78, 5) is 4.75. The third-order valence-electron chi connectivity index (χ3n) is 2.28. The van der Waals surface area contributed by atoms with Crippen molar-refractivity contribution in [3.8, 4) is 12.3 Å². The van der Waals surface area contributed by atoms with Gasteiger partial charge in [0, 0.05) is 26.1 Å². The van der Waals surface area contributed by atoms with E-state index in [1.54, 1.807) is 0 Å². The highest BCUT2D eigenvalue weighted by Gasteiger charge is 2.06. The molecule has 0 unspecified atom stereocenters. The van der Waals surface area contributed by atoms with E-state index < -0.39 is 0 Å². The fourth-order valence-corrected chi connectivity index (χ4v) is 1.56. The molecule has 0 aliphatic heterocycles. The topological polar surface area (TPSA) is 6.48 Å². The fourth-order valence-electron chi connectivity index (χ4n) is 1.56. The maximum Gasteiger partial charge on any atom is 0.0109 e. The summed E-state index contributed by atoms with van der Waals surface area (Å²) in [6, 6.07) is 0. The van der Waals surface area contributed by atoms with E-state index in [4.69, 9.17) is 6.42 Å². The van der Waals surface area contributed by atoms with Crippen molar-refractivity contribution in [2.45, 2.75) is 26.7 Å². The third-order valence-corrected chi connectivity index (χ3v) is 2.28. The second-order valence-electron chi connectivity index (χ2n) is 4.81. The van der Waals surface area contributed by atoms with Crippen LogP contribution in [0.2, 0.25) is 0 Å². The predicted octanol–water partition coefficient (Wildman–Crippen LogP) is 1.92. The second kappa shape index (κ2) is 8.76. The molecule has 0 amide bonds. The lowest BCUT2D eigenvalue weighted by Crippen LogP contribution is -2.35. The predicted molar refractivity (Wildman–Crippen MR) is 67.9 cm³/mol. The van der Waals surface area contributed by atoms with Crippen molar-refractivity contribution >= 4 is 0 Å². The Kier molecular flexibility index (Phi) is 8.46. The number of unbranched alkanes of at least 4 members (excludes halogenated alkanes) is 1. The summed E-state index contributed by atoms with van der Waals surface area (Å²) < 4.78 is 0. The molecule has 0 saturated carbocycles. The smallest absolute Gasteiger partial charge is 0.0109 e. The molecule has 0 rings (SSSR count). The normalized spacial score (nSPS) is 11.3. The Labute approximate surface area is 95.6 Å². The molecule has 0 aromatic heterocycles. The summed E-state index contributed by atoms with van der Waals surface area (Å²) in [5.41, 5.74) is 0. The van der Waals surface area contributed by atoms with Crippen LogP contribution in [0.25, 0.3) is 0 Å². The maximum atomic E-state index is 5.26. The molecule has 0 N–H and O–H groups in total. The molecular formula is C13H26N2. The van der Waals surface area contributed by atoms with Gasteiger partial charge in [0.15, 0.2) is 0 Å². The largest absolute Gasteiger partial charge is 0.308 e. The van der Waals surface area contributed by atoms with Gasteiger partial charge in [0.2, 0.25) is 0 Å². The molecule has 0 aromatic carbocycles. The highest BCUT2D eigenvalue weighted by Crippen LogP contribution is 2.01. The van der Waals surface area contributed by atoms with E-state index in [1.165, 1.54) is 6.54 Å². The monoisotopic (exact) mass is 210 g/mol. The number of rotatable bonds is 8. The van der Waals surface area contributed by atoms with Crippen molar-refractivity contribution in [1.82, 2.24) is 9.80 Å². The van der Waals surface area contributed by atoms with Crippen molar-refractivity contribution in [3.63, 3.8) is 0 Å². The van der Waals surface area contributed by atoms with Gasteiger partial charge in [0.25, 0.3) is 0 Å². The molecule has 0 heterocycles. The van der Waals surface area contributed by atoms with E-state index in [9.17, 15) is 0 Å². The summed E-state index contributed by atoms with van der Waals surface area (Å²) >= 11 is 0. The highest BCUT2D eigenvalue weighted by molar-refractivity contribution is 4.83. The van der Waals surface area contributed by atoms with Crippen molar-refractivity contribution in [1.29, 1.82) is 0 Å². The number of hydrogen-bond donors (Lipinski definition) is 0. The van der Waals surface area contributed by atoms with E-state index >= 15 is 0 Å². The number of terminal acetylenes is 1. The van der Waals surface area contributed by atoms with Gasteiger partial charge in [-0.05, 0) is 33.0 Å². The molecule has 0 bridgehead atoms. The summed E-state index contributed by atoms with van der Waals surface area (Å²) in [6.45, 7) is 9.13.